The molecule has 1 aliphatic heterocycles. The molecule has 1 aromatic heterocycles. The number of aryl methyl sites for hydroxylation is 1. The van der Waals surface area contributed by atoms with Crippen LogP contribution in [0.1, 0.15) is 42.5 Å². The molecule has 2 aromatic carbocycles. The van der Waals surface area contributed by atoms with Crippen molar-refractivity contribution in [3.05, 3.63) is 89.2 Å². The Kier molecular flexibility index (Phi) is 10.1. The molecule has 0 radical (unpaired) electrons. The number of esters is 1. The van der Waals surface area contributed by atoms with E-state index in [1.807, 2.05) is 45.0 Å². The van der Waals surface area contributed by atoms with Crippen LogP contribution in [-0.4, -0.2) is 70.0 Å². The number of pyridine rings is 1. The van der Waals surface area contributed by atoms with Crippen LogP contribution in [0.15, 0.2) is 67.0 Å². The number of aliphatic hydroxyl groups is 1. The molecule has 1 fully saturated rings. The Morgan fingerprint density at radius 1 is 0.932 bits per heavy atom. The molecule has 2 heterocycles. The molecule has 1 saturated heterocycles. The number of hydrogen-bond acceptors (Lipinski definition) is 6. The van der Waals surface area contributed by atoms with Crippen LogP contribution in [0.25, 0.3) is 11.1 Å². The van der Waals surface area contributed by atoms with Gasteiger partial charge in [0.25, 0.3) is 5.60 Å². The Labute approximate surface area is 252 Å². The summed E-state index contributed by atoms with van der Waals surface area (Å²) in [5.41, 5.74) is -2.37. The molecule has 0 unspecified atom stereocenters. The van der Waals surface area contributed by atoms with Crippen LogP contribution in [0.2, 0.25) is 0 Å². The standard InChI is InChI=1S/C32H35F6N3O3/c1-21(2)44-29(42)17-27-20-40(14-15-41(27)19-23-10-12-39-13-11-23)18-24-4-9-28(22(3)16-24)25-5-7-26(8-6-25)30(43,31(33,34)35)32(36,37)38/h4-13,16,21,27,43H,14-15,17-20H2,1-3H3/t27-/m0/s1. The topological polar surface area (TPSA) is 65.9 Å². The second-order valence-electron chi connectivity index (χ2n) is 11.4. The van der Waals surface area contributed by atoms with E-state index in [-0.39, 0.29) is 24.5 Å². The second kappa shape index (κ2) is 13.3. The molecular formula is C32H35F6N3O3. The molecule has 3 aromatic rings. The minimum Gasteiger partial charge on any atom is -0.463 e. The summed E-state index contributed by atoms with van der Waals surface area (Å²) in [6.07, 6.45) is -8.39. The first-order chi connectivity index (χ1) is 20.6. The number of benzene rings is 2. The van der Waals surface area contributed by atoms with Crippen molar-refractivity contribution in [3.8, 4) is 11.1 Å². The lowest BCUT2D eigenvalue weighted by Crippen LogP contribution is -2.53. The van der Waals surface area contributed by atoms with E-state index in [9.17, 15) is 36.2 Å². The zero-order chi connectivity index (χ0) is 32.3. The molecule has 1 N–H and O–H groups in total. The van der Waals surface area contributed by atoms with Crippen LogP contribution < -0.4 is 0 Å². The quantitative estimate of drug-likeness (QED) is 0.220. The molecule has 0 spiro atoms. The lowest BCUT2D eigenvalue weighted by atomic mass is 9.90. The third kappa shape index (κ3) is 7.59. The van der Waals surface area contributed by atoms with Gasteiger partial charge in [-0.1, -0.05) is 42.5 Å². The maximum absolute atomic E-state index is 13.3. The van der Waals surface area contributed by atoms with Gasteiger partial charge < -0.3 is 9.84 Å². The highest BCUT2D eigenvalue weighted by molar-refractivity contribution is 5.70. The van der Waals surface area contributed by atoms with Gasteiger partial charge in [0.15, 0.2) is 0 Å². The van der Waals surface area contributed by atoms with Crippen molar-refractivity contribution >= 4 is 5.97 Å². The van der Waals surface area contributed by atoms with Crippen LogP contribution >= 0.6 is 0 Å². The Morgan fingerprint density at radius 3 is 2.14 bits per heavy atom. The van der Waals surface area contributed by atoms with E-state index < -0.39 is 23.5 Å². The lowest BCUT2D eigenvalue weighted by molar-refractivity contribution is -0.376. The van der Waals surface area contributed by atoms with Crippen LogP contribution in [0.3, 0.4) is 0 Å². The predicted octanol–water partition coefficient (Wildman–Crippen LogP) is 6.40. The average Bonchev–Trinajstić information content (AvgIpc) is 2.93. The van der Waals surface area contributed by atoms with Crippen molar-refractivity contribution in [1.82, 2.24) is 14.8 Å². The molecule has 0 aliphatic carbocycles. The molecular weight excluding hydrogens is 588 g/mol. The third-order valence-corrected chi connectivity index (χ3v) is 7.72. The van der Waals surface area contributed by atoms with E-state index in [0.29, 0.717) is 42.9 Å². The smallest absolute Gasteiger partial charge is 0.430 e. The number of hydrogen-bond donors (Lipinski definition) is 1. The van der Waals surface area contributed by atoms with Crippen molar-refractivity contribution in [2.24, 2.45) is 0 Å². The number of carbonyl (C=O) groups is 1. The van der Waals surface area contributed by atoms with Crippen LogP contribution in [0.5, 0.6) is 0 Å². The zero-order valence-electron chi connectivity index (χ0n) is 24.6. The molecule has 0 saturated carbocycles. The van der Waals surface area contributed by atoms with E-state index in [4.69, 9.17) is 4.74 Å². The van der Waals surface area contributed by atoms with Crippen molar-refractivity contribution < 1.29 is 41.0 Å². The monoisotopic (exact) mass is 623 g/mol. The first-order valence-electron chi connectivity index (χ1n) is 14.2. The van der Waals surface area contributed by atoms with Gasteiger partial charge in [-0.15, -0.1) is 0 Å². The normalized spacial score (nSPS) is 17.2. The first kappa shape index (κ1) is 33.4. The minimum absolute atomic E-state index is 0.0749. The highest BCUT2D eigenvalue weighted by Gasteiger charge is 2.71. The van der Waals surface area contributed by atoms with Crippen molar-refractivity contribution in [1.29, 1.82) is 0 Å². The highest BCUT2D eigenvalue weighted by Crippen LogP contribution is 2.50. The number of piperazine rings is 1. The fraction of sp³-hybridized carbons (Fsp3) is 0.438. The SMILES string of the molecule is Cc1cc(CN2CCN(Cc3ccncc3)[C@@H](CC(=O)OC(C)C)C2)ccc1-c1ccc(C(O)(C(F)(F)F)C(F)(F)F)cc1. The van der Waals surface area contributed by atoms with Gasteiger partial charge in [-0.3, -0.25) is 19.6 Å². The second-order valence-corrected chi connectivity index (χ2v) is 11.4. The van der Waals surface area contributed by atoms with E-state index in [0.717, 1.165) is 41.9 Å². The largest absolute Gasteiger partial charge is 0.463 e. The summed E-state index contributed by atoms with van der Waals surface area (Å²) in [5.74, 6) is -0.262. The van der Waals surface area contributed by atoms with E-state index in [1.165, 1.54) is 0 Å². The molecule has 1 aliphatic rings. The molecule has 44 heavy (non-hydrogen) atoms. The summed E-state index contributed by atoms with van der Waals surface area (Å²) in [6, 6.07) is 13.0. The third-order valence-electron chi connectivity index (χ3n) is 7.72. The number of nitrogens with zero attached hydrogens (tertiary/aromatic N) is 3. The van der Waals surface area contributed by atoms with Gasteiger partial charge in [0.05, 0.1) is 12.5 Å². The zero-order valence-corrected chi connectivity index (χ0v) is 24.6. The van der Waals surface area contributed by atoms with Gasteiger partial charge in [-0.25, -0.2) is 0 Å². The number of rotatable bonds is 9. The van der Waals surface area contributed by atoms with Crippen molar-refractivity contribution in [2.75, 3.05) is 19.6 Å². The van der Waals surface area contributed by atoms with Crippen LogP contribution in [0, 0.1) is 6.92 Å². The molecule has 6 nitrogen and oxygen atoms in total. The number of carbonyl (C=O) groups excluding carboxylic acids is 1. The summed E-state index contributed by atoms with van der Waals surface area (Å²) in [7, 11) is 0. The molecule has 1 atom stereocenters. The van der Waals surface area contributed by atoms with Gasteiger partial charge in [0.2, 0.25) is 0 Å². The maximum Gasteiger partial charge on any atom is 0.430 e. The Bertz CT molecular complexity index is 1400. The molecule has 0 bridgehead atoms. The van der Waals surface area contributed by atoms with Gasteiger partial charge in [-0.2, -0.15) is 26.3 Å². The Balaban J connectivity index is 1.48. The number of aromatic nitrogens is 1. The maximum atomic E-state index is 13.3. The van der Waals surface area contributed by atoms with Crippen LogP contribution in [-0.2, 0) is 28.2 Å². The predicted molar refractivity (Wildman–Crippen MR) is 152 cm³/mol. The molecule has 4 rings (SSSR count). The number of ether oxygens (including phenoxy) is 1. The lowest BCUT2D eigenvalue weighted by Gasteiger charge is -2.41. The van der Waals surface area contributed by atoms with E-state index in [1.54, 1.807) is 18.5 Å². The molecule has 0 amide bonds. The van der Waals surface area contributed by atoms with Crippen molar-refractivity contribution in [3.63, 3.8) is 0 Å². The summed E-state index contributed by atoms with van der Waals surface area (Å²) in [6.45, 7) is 8.80. The van der Waals surface area contributed by atoms with E-state index in [2.05, 4.69) is 14.8 Å². The van der Waals surface area contributed by atoms with Gasteiger partial charge >= 0.3 is 18.3 Å². The number of halogens is 6. The van der Waals surface area contributed by atoms with Crippen LogP contribution in [0.4, 0.5) is 26.3 Å². The van der Waals surface area contributed by atoms with E-state index >= 15 is 0 Å². The summed E-state index contributed by atoms with van der Waals surface area (Å²) >= 11 is 0. The fourth-order valence-corrected chi connectivity index (χ4v) is 5.51. The fourth-order valence-electron chi connectivity index (χ4n) is 5.51. The van der Waals surface area contributed by atoms with Crippen molar-refractivity contribution in [2.45, 2.75) is 70.4 Å². The minimum atomic E-state index is -5.94. The summed E-state index contributed by atoms with van der Waals surface area (Å²) in [5, 5.41) is 9.67. The summed E-state index contributed by atoms with van der Waals surface area (Å²) < 4.78 is 85.0. The summed E-state index contributed by atoms with van der Waals surface area (Å²) in [4.78, 5) is 21.2. The van der Waals surface area contributed by atoms with Gasteiger partial charge in [0, 0.05) is 56.7 Å². The number of alkyl halides is 6. The molecule has 238 valence electrons. The van der Waals surface area contributed by atoms with Gasteiger partial charge in [-0.05, 0) is 60.7 Å². The average molecular weight is 624 g/mol. The Morgan fingerprint density at radius 2 is 1.57 bits per heavy atom. The molecule has 12 heteroatoms. The highest BCUT2D eigenvalue weighted by atomic mass is 19.4. The first-order valence-corrected chi connectivity index (χ1v) is 14.2. The van der Waals surface area contributed by atoms with Gasteiger partial charge in [0.1, 0.15) is 0 Å². The Hall–Kier alpha value is -3.48.